The summed E-state index contributed by atoms with van der Waals surface area (Å²) in [7, 11) is 3.47. The van der Waals surface area contributed by atoms with Crippen LogP contribution in [0.1, 0.15) is 32.8 Å². The molecule has 40 heavy (non-hydrogen) atoms. The molecule has 3 aromatic rings. The monoisotopic (exact) mass is 542 g/mol. The number of nitrogens with zero attached hydrogens (tertiary/aromatic N) is 1. The highest BCUT2D eigenvalue weighted by Crippen LogP contribution is 2.43. The Labute approximate surface area is 235 Å². The summed E-state index contributed by atoms with van der Waals surface area (Å²) < 4.78 is 0. The van der Waals surface area contributed by atoms with Gasteiger partial charge in [-0.25, -0.2) is 9.80 Å². The number of urea groups is 1. The third-order valence-electron chi connectivity index (χ3n) is 7.76. The molecule has 0 saturated heterocycles. The van der Waals surface area contributed by atoms with Gasteiger partial charge in [-0.3, -0.25) is 15.0 Å². The molecule has 0 radical (unpaired) electrons. The SMILES string of the molecule is CN(C)NC(=O)Nc1ccccc1-c1ccc(NC(=O)C(C)([C@H]2CCc3ccccc3NC2=O)C(C)(C)N)cc1. The Balaban J connectivity index is 1.55. The normalized spacial score (nSPS) is 16.7. The Bertz CT molecular complexity index is 1400. The van der Waals surface area contributed by atoms with Crippen LogP contribution in [0.2, 0.25) is 0 Å². The van der Waals surface area contributed by atoms with E-state index in [0.717, 1.165) is 22.4 Å². The second-order valence-electron chi connectivity index (χ2n) is 11.2. The van der Waals surface area contributed by atoms with E-state index in [1.807, 2.05) is 60.7 Å². The average Bonchev–Trinajstić information content (AvgIpc) is 3.06. The molecule has 0 aliphatic carbocycles. The molecule has 0 saturated carbocycles. The van der Waals surface area contributed by atoms with E-state index in [4.69, 9.17) is 5.73 Å². The van der Waals surface area contributed by atoms with Gasteiger partial charge in [-0.1, -0.05) is 48.5 Å². The van der Waals surface area contributed by atoms with Crippen molar-refractivity contribution in [1.29, 1.82) is 0 Å². The van der Waals surface area contributed by atoms with E-state index in [-0.39, 0.29) is 17.8 Å². The molecule has 0 aromatic heterocycles. The molecule has 4 rings (SSSR count). The Morgan fingerprint density at radius 3 is 2.25 bits per heavy atom. The predicted molar refractivity (Wildman–Crippen MR) is 160 cm³/mol. The van der Waals surface area contributed by atoms with E-state index in [1.54, 1.807) is 52.0 Å². The zero-order valence-corrected chi connectivity index (χ0v) is 23.7. The van der Waals surface area contributed by atoms with Crippen molar-refractivity contribution in [2.45, 2.75) is 39.2 Å². The number of carbonyl (C=O) groups is 3. The molecule has 1 unspecified atom stereocenters. The molecule has 0 fully saturated rings. The van der Waals surface area contributed by atoms with E-state index >= 15 is 0 Å². The summed E-state index contributed by atoms with van der Waals surface area (Å²) in [4.78, 5) is 39.6. The lowest BCUT2D eigenvalue weighted by molar-refractivity contribution is -0.139. The Kier molecular flexibility index (Phi) is 8.27. The van der Waals surface area contributed by atoms with Crippen LogP contribution in [0.3, 0.4) is 0 Å². The number of hydrogen-bond acceptors (Lipinski definition) is 5. The molecular weight excluding hydrogens is 504 g/mol. The summed E-state index contributed by atoms with van der Waals surface area (Å²) in [6.45, 7) is 5.35. The van der Waals surface area contributed by atoms with Gasteiger partial charge in [0.15, 0.2) is 0 Å². The molecule has 210 valence electrons. The van der Waals surface area contributed by atoms with Crippen LogP contribution in [-0.2, 0) is 16.0 Å². The number of fused-ring (bicyclic) bond motifs is 1. The number of nitrogens with two attached hydrogens (primary N) is 1. The van der Waals surface area contributed by atoms with Gasteiger partial charge in [0.1, 0.15) is 0 Å². The number of para-hydroxylation sites is 2. The minimum atomic E-state index is -1.20. The van der Waals surface area contributed by atoms with Gasteiger partial charge < -0.3 is 21.7 Å². The van der Waals surface area contributed by atoms with Crippen LogP contribution in [0.4, 0.5) is 21.9 Å². The fraction of sp³-hybridized carbons (Fsp3) is 0.323. The zero-order valence-electron chi connectivity index (χ0n) is 23.7. The summed E-state index contributed by atoms with van der Waals surface area (Å²) in [5.74, 6) is -1.16. The predicted octanol–water partition coefficient (Wildman–Crippen LogP) is 4.83. The van der Waals surface area contributed by atoms with Gasteiger partial charge in [-0.2, -0.15) is 0 Å². The van der Waals surface area contributed by atoms with Crippen molar-refractivity contribution in [2.75, 3.05) is 30.0 Å². The van der Waals surface area contributed by atoms with Crippen molar-refractivity contribution < 1.29 is 14.4 Å². The van der Waals surface area contributed by atoms with Gasteiger partial charge in [0.2, 0.25) is 11.8 Å². The minimum absolute atomic E-state index is 0.209. The van der Waals surface area contributed by atoms with E-state index < -0.39 is 16.9 Å². The summed E-state index contributed by atoms with van der Waals surface area (Å²) >= 11 is 0. The summed E-state index contributed by atoms with van der Waals surface area (Å²) in [5, 5.41) is 10.4. The Morgan fingerprint density at radius 1 is 0.925 bits per heavy atom. The lowest BCUT2D eigenvalue weighted by Gasteiger charge is -2.44. The van der Waals surface area contributed by atoms with Crippen LogP contribution in [0, 0.1) is 11.3 Å². The molecule has 0 spiro atoms. The van der Waals surface area contributed by atoms with Crippen molar-refractivity contribution in [3.05, 3.63) is 78.4 Å². The van der Waals surface area contributed by atoms with Crippen LogP contribution in [-0.4, -0.2) is 42.5 Å². The van der Waals surface area contributed by atoms with E-state index in [9.17, 15) is 14.4 Å². The first-order chi connectivity index (χ1) is 18.9. The highest BCUT2D eigenvalue weighted by atomic mass is 16.2. The third kappa shape index (κ3) is 6.00. The lowest BCUT2D eigenvalue weighted by atomic mass is 9.62. The van der Waals surface area contributed by atoms with Crippen LogP contribution in [0.25, 0.3) is 11.1 Å². The van der Waals surface area contributed by atoms with Crippen molar-refractivity contribution in [2.24, 2.45) is 17.1 Å². The first-order valence-electron chi connectivity index (χ1n) is 13.3. The Morgan fingerprint density at radius 2 is 1.57 bits per heavy atom. The molecular formula is C31H38N6O3. The van der Waals surface area contributed by atoms with Gasteiger partial charge in [0.25, 0.3) is 0 Å². The number of rotatable bonds is 7. The maximum atomic E-state index is 13.9. The molecule has 1 aliphatic rings. The molecule has 1 heterocycles. The molecule has 1 aliphatic heterocycles. The van der Waals surface area contributed by atoms with E-state index in [2.05, 4.69) is 21.4 Å². The van der Waals surface area contributed by atoms with Crippen molar-refractivity contribution >= 4 is 34.9 Å². The molecule has 4 amide bonds. The van der Waals surface area contributed by atoms with Crippen molar-refractivity contribution in [3.8, 4) is 11.1 Å². The number of anilines is 3. The van der Waals surface area contributed by atoms with E-state index in [0.29, 0.717) is 24.2 Å². The summed E-state index contributed by atoms with van der Waals surface area (Å²) in [6.07, 6.45) is 1.16. The molecule has 9 nitrogen and oxygen atoms in total. The number of benzene rings is 3. The second-order valence-corrected chi connectivity index (χ2v) is 11.2. The zero-order chi connectivity index (χ0) is 29.1. The number of carbonyl (C=O) groups excluding carboxylic acids is 3. The average molecular weight is 543 g/mol. The largest absolute Gasteiger partial charge is 0.333 e. The third-order valence-corrected chi connectivity index (χ3v) is 7.76. The summed E-state index contributed by atoms with van der Waals surface area (Å²) in [6, 6.07) is 22.2. The first kappa shape index (κ1) is 28.8. The number of hydrazine groups is 1. The topological polar surface area (TPSA) is 129 Å². The van der Waals surface area contributed by atoms with Gasteiger partial charge in [-0.05, 0) is 69.0 Å². The van der Waals surface area contributed by atoms with E-state index in [1.165, 1.54) is 0 Å². The first-order valence-corrected chi connectivity index (χ1v) is 13.3. The van der Waals surface area contributed by atoms with Crippen molar-refractivity contribution in [3.63, 3.8) is 0 Å². The highest BCUT2D eigenvalue weighted by Gasteiger charge is 2.53. The fourth-order valence-corrected chi connectivity index (χ4v) is 5.15. The maximum absolute atomic E-state index is 13.9. The highest BCUT2D eigenvalue weighted by molar-refractivity contribution is 6.03. The molecule has 6 N–H and O–H groups in total. The maximum Gasteiger partial charge on any atom is 0.333 e. The fourth-order valence-electron chi connectivity index (χ4n) is 5.15. The van der Waals surface area contributed by atoms with Crippen LogP contribution >= 0.6 is 0 Å². The molecule has 9 heteroatoms. The quantitative estimate of drug-likeness (QED) is 0.273. The van der Waals surface area contributed by atoms with Gasteiger partial charge >= 0.3 is 6.03 Å². The van der Waals surface area contributed by atoms with Gasteiger partial charge in [0.05, 0.1) is 17.0 Å². The molecule has 0 bridgehead atoms. The van der Waals surface area contributed by atoms with Crippen LogP contribution < -0.4 is 27.1 Å². The number of amides is 4. The second kappa shape index (κ2) is 11.5. The Hall–Kier alpha value is -4.21. The number of aryl methyl sites for hydroxylation is 1. The molecule has 3 aromatic carbocycles. The van der Waals surface area contributed by atoms with Crippen LogP contribution in [0.15, 0.2) is 72.8 Å². The smallest absolute Gasteiger partial charge is 0.326 e. The van der Waals surface area contributed by atoms with Gasteiger partial charge in [-0.15, -0.1) is 0 Å². The number of nitrogens with one attached hydrogen (secondary N) is 4. The lowest BCUT2D eigenvalue weighted by Crippen LogP contribution is -2.61. The van der Waals surface area contributed by atoms with Crippen molar-refractivity contribution in [1.82, 2.24) is 10.4 Å². The minimum Gasteiger partial charge on any atom is -0.326 e. The number of hydrogen-bond donors (Lipinski definition) is 5. The summed E-state index contributed by atoms with van der Waals surface area (Å²) in [5.41, 5.74) is 11.8. The van der Waals surface area contributed by atoms with Crippen LogP contribution in [0.5, 0.6) is 0 Å². The van der Waals surface area contributed by atoms with Gasteiger partial charge in [0, 0.05) is 36.6 Å². The standard InChI is InChI=1S/C31H38N6O3/c1-30(2,32)31(3,24-19-16-21-10-6-8-12-25(21)34-27(24)38)28(39)33-22-17-14-20(15-18-22)23-11-7-9-13-26(23)35-29(40)36-37(4)5/h6-15,17-18,24H,16,19,32H2,1-5H3,(H,33,39)(H,34,38)(H2,35,36,40)/t24-,31?/m0/s1. The molecule has 2 atom stereocenters.